The van der Waals surface area contributed by atoms with Gasteiger partial charge in [0.2, 0.25) is 0 Å². The van der Waals surface area contributed by atoms with E-state index in [0.717, 1.165) is 24.0 Å². The number of aromatic nitrogens is 2. The van der Waals surface area contributed by atoms with Crippen molar-refractivity contribution in [3.8, 4) is 0 Å². The number of carbonyl (C=O) groups excluding carboxylic acids is 1. The third-order valence-electron chi connectivity index (χ3n) is 4.74. The molecule has 2 heterocycles. The molecule has 1 aromatic carbocycles. The number of imidazole rings is 1. The number of hydrogen-bond donors (Lipinski definition) is 0. The second kappa shape index (κ2) is 8.71. The highest BCUT2D eigenvalue weighted by Gasteiger charge is 2.39. The van der Waals surface area contributed by atoms with Crippen LogP contribution in [-0.2, 0) is 9.47 Å². The van der Waals surface area contributed by atoms with Gasteiger partial charge < -0.3 is 14.4 Å². The third-order valence-corrected chi connectivity index (χ3v) is 5.46. The Morgan fingerprint density at radius 3 is 2.76 bits per heavy atom. The highest BCUT2D eigenvalue weighted by Crippen LogP contribution is 2.35. The average Bonchev–Trinajstić information content (AvgIpc) is 3.32. The Kier molecular flexibility index (Phi) is 6.49. The Bertz CT molecular complexity index is 880. The number of hydrogen-bond acceptors (Lipinski definition) is 5. The van der Waals surface area contributed by atoms with Crippen molar-refractivity contribution >= 4 is 35.1 Å². The van der Waals surface area contributed by atoms with Crippen LogP contribution in [0.25, 0.3) is 0 Å². The highest BCUT2D eigenvalue weighted by atomic mass is 35.5. The van der Waals surface area contributed by atoms with E-state index in [1.165, 1.54) is 0 Å². The molecule has 156 valence electrons. The molecule has 2 aromatic rings. The molecule has 3 rings (SSSR count). The fourth-order valence-electron chi connectivity index (χ4n) is 3.35. The second-order valence-corrected chi connectivity index (χ2v) is 8.92. The van der Waals surface area contributed by atoms with Gasteiger partial charge in [0.25, 0.3) is 5.17 Å². The maximum Gasteiger partial charge on any atom is 0.410 e. The minimum Gasteiger partial charge on any atom is -0.460 e. The normalized spacial score (nSPS) is 17.8. The van der Waals surface area contributed by atoms with Gasteiger partial charge in [0.05, 0.1) is 6.04 Å². The Hall–Kier alpha value is -2.12. The maximum atomic E-state index is 12.8. The minimum absolute atomic E-state index is 0.218. The molecule has 2 atom stereocenters. The van der Waals surface area contributed by atoms with Crippen molar-refractivity contribution in [1.29, 1.82) is 0 Å². The monoisotopic (exact) mass is 435 g/mol. The van der Waals surface area contributed by atoms with E-state index in [2.05, 4.69) is 4.98 Å². The van der Waals surface area contributed by atoms with E-state index in [0.29, 0.717) is 11.6 Å². The number of amides is 1. The lowest BCUT2D eigenvalue weighted by Gasteiger charge is -2.33. The first-order chi connectivity index (χ1) is 13.7. The molecule has 8 heteroatoms. The molecule has 0 N–H and O–H groups in total. The van der Waals surface area contributed by atoms with Crippen LogP contribution in [0.5, 0.6) is 0 Å². The molecule has 1 aliphatic heterocycles. The molecular weight excluding hydrogens is 410 g/mol. The van der Waals surface area contributed by atoms with E-state index >= 15 is 0 Å². The van der Waals surface area contributed by atoms with Crippen LogP contribution < -0.4 is 0 Å². The zero-order valence-electron chi connectivity index (χ0n) is 17.1. The zero-order valence-corrected chi connectivity index (χ0v) is 18.7. The number of rotatable bonds is 3. The fourth-order valence-corrected chi connectivity index (χ4v) is 3.75. The van der Waals surface area contributed by atoms with E-state index in [9.17, 15) is 4.79 Å². The van der Waals surface area contributed by atoms with Crippen LogP contribution in [0.1, 0.15) is 50.8 Å². The number of nitrogens with zero attached hydrogens (tertiary/aromatic N) is 3. The lowest BCUT2D eigenvalue weighted by Crippen LogP contribution is -2.43. The number of benzene rings is 1. The quantitative estimate of drug-likeness (QED) is 0.625. The summed E-state index contributed by atoms with van der Waals surface area (Å²) in [5, 5.41) is 0.909. The third kappa shape index (κ3) is 5.28. The number of halogens is 1. The number of likely N-dealkylation sites (tertiary alicyclic amines) is 1. The predicted molar refractivity (Wildman–Crippen MR) is 116 cm³/mol. The summed E-state index contributed by atoms with van der Waals surface area (Å²) in [5.74, 6) is 0. The van der Waals surface area contributed by atoms with Crippen molar-refractivity contribution in [3.63, 3.8) is 0 Å². The standard InChI is InChI=1S/C21H26ClN3O3S/c1-14-7-8-15(12-16(14)22)18(27-20(29)24-11-9-23-13-24)17-6-5-10-25(17)19(26)28-21(2,3)4/h7-9,11-13,17-18H,5-6,10H2,1-4H3/t17-,18?/m0/s1. The van der Waals surface area contributed by atoms with E-state index in [4.69, 9.17) is 33.3 Å². The largest absolute Gasteiger partial charge is 0.460 e. The van der Waals surface area contributed by atoms with Gasteiger partial charge in [-0.3, -0.25) is 4.57 Å². The van der Waals surface area contributed by atoms with Crippen molar-refractivity contribution in [1.82, 2.24) is 14.5 Å². The summed E-state index contributed by atoms with van der Waals surface area (Å²) >= 11 is 11.8. The lowest BCUT2D eigenvalue weighted by molar-refractivity contribution is 0.00709. The Morgan fingerprint density at radius 1 is 1.38 bits per heavy atom. The van der Waals surface area contributed by atoms with Gasteiger partial charge >= 0.3 is 6.09 Å². The molecule has 6 nitrogen and oxygen atoms in total. The molecule has 1 aromatic heterocycles. The van der Waals surface area contributed by atoms with E-state index in [-0.39, 0.29) is 17.3 Å². The smallest absolute Gasteiger partial charge is 0.410 e. The first kappa shape index (κ1) is 21.6. The molecule has 1 aliphatic rings. The van der Waals surface area contributed by atoms with Crippen LogP contribution in [0.4, 0.5) is 4.79 Å². The molecule has 0 bridgehead atoms. The Morgan fingerprint density at radius 2 is 2.14 bits per heavy atom. The molecular formula is C21H26ClN3O3S. The van der Waals surface area contributed by atoms with Gasteiger partial charge in [-0.25, -0.2) is 9.78 Å². The first-order valence-electron chi connectivity index (χ1n) is 9.60. The number of ether oxygens (including phenoxy) is 2. The summed E-state index contributed by atoms with van der Waals surface area (Å²) in [6.07, 6.45) is 5.77. The number of aryl methyl sites for hydroxylation is 1. The van der Waals surface area contributed by atoms with Crippen molar-refractivity contribution in [2.24, 2.45) is 0 Å². The maximum absolute atomic E-state index is 12.8. The molecule has 1 unspecified atom stereocenters. The van der Waals surface area contributed by atoms with Crippen molar-refractivity contribution < 1.29 is 14.3 Å². The summed E-state index contributed by atoms with van der Waals surface area (Å²) in [6.45, 7) is 8.13. The van der Waals surface area contributed by atoms with Crippen LogP contribution in [0.15, 0.2) is 36.9 Å². The molecule has 1 fully saturated rings. The Balaban J connectivity index is 1.91. The van der Waals surface area contributed by atoms with Gasteiger partial charge in [-0.05, 0) is 69.9 Å². The SMILES string of the molecule is Cc1ccc(C(OC(=S)n2ccnc2)[C@@H]2CCCN2C(=O)OC(C)(C)C)cc1Cl. The predicted octanol–water partition coefficient (Wildman–Crippen LogP) is 5.14. The topological polar surface area (TPSA) is 56.6 Å². The summed E-state index contributed by atoms with van der Waals surface area (Å²) < 4.78 is 13.5. The van der Waals surface area contributed by atoms with Gasteiger partial charge in [0.15, 0.2) is 0 Å². The van der Waals surface area contributed by atoms with Gasteiger partial charge in [-0.1, -0.05) is 23.7 Å². The number of thiocarbonyl (C=S) groups is 1. The molecule has 0 aliphatic carbocycles. The molecule has 0 saturated carbocycles. The van der Waals surface area contributed by atoms with Gasteiger partial charge in [-0.2, -0.15) is 0 Å². The molecule has 1 amide bonds. The minimum atomic E-state index is -0.570. The summed E-state index contributed by atoms with van der Waals surface area (Å²) in [5.41, 5.74) is 1.27. The number of carbonyl (C=O) groups is 1. The van der Waals surface area contributed by atoms with Crippen LogP contribution in [0, 0.1) is 6.92 Å². The van der Waals surface area contributed by atoms with Crippen molar-refractivity contribution in [3.05, 3.63) is 53.1 Å². The lowest BCUT2D eigenvalue weighted by atomic mass is 9.99. The Labute approximate surface area is 181 Å². The average molecular weight is 436 g/mol. The van der Waals surface area contributed by atoms with E-state index in [1.54, 1.807) is 28.2 Å². The molecule has 29 heavy (non-hydrogen) atoms. The second-order valence-electron chi connectivity index (χ2n) is 8.17. The van der Waals surface area contributed by atoms with Gasteiger partial charge in [0.1, 0.15) is 18.0 Å². The van der Waals surface area contributed by atoms with E-state index in [1.807, 2.05) is 45.9 Å². The van der Waals surface area contributed by atoms with Crippen LogP contribution in [0.2, 0.25) is 5.02 Å². The van der Waals surface area contributed by atoms with E-state index < -0.39 is 11.7 Å². The molecule has 0 spiro atoms. The zero-order chi connectivity index (χ0) is 21.2. The first-order valence-corrected chi connectivity index (χ1v) is 10.4. The molecule has 1 saturated heterocycles. The van der Waals surface area contributed by atoms with Crippen molar-refractivity contribution in [2.45, 2.75) is 58.3 Å². The summed E-state index contributed by atoms with van der Waals surface area (Å²) in [6, 6.07) is 5.57. The highest BCUT2D eigenvalue weighted by molar-refractivity contribution is 7.80. The fraction of sp³-hybridized carbons (Fsp3) is 0.476. The summed E-state index contributed by atoms with van der Waals surface area (Å²) in [7, 11) is 0. The van der Waals surface area contributed by atoms with Gasteiger partial charge in [-0.15, -0.1) is 0 Å². The summed E-state index contributed by atoms with van der Waals surface area (Å²) in [4.78, 5) is 18.6. The van der Waals surface area contributed by atoms with Crippen LogP contribution in [-0.4, -0.2) is 43.9 Å². The van der Waals surface area contributed by atoms with Crippen LogP contribution in [0.3, 0.4) is 0 Å². The molecule has 0 radical (unpaired) electrons. The van der Waals surface area contributed by atoms with Crippen molar-refractivity contribution in [2.75, 3.05) is 6.54 Å². The van der Waals surface area contributed by atoms with Gasteiger partial charge in [0, 0.05) is 24.0 Å². The van der Waals surface area contributed by atoms with Crippen LogP contribution >= 0.6 is 23.8 Å².